The van der Waals surface area contributed by atoms with Crippen LogP contribution < -0.4 is 10.1 Å². The van der Waals surface area contributed by atoms with Gasteiger partial charge in [-0.15, -0.1) is 11.8 Å². The summed E-state index contributed by atoms with van der Waals surface area (Å²) in [5.74, 6) is 1.17. The lowest BCUT2D eigenvalue weighted by Crippen LogP contribution is -2.22. The summed E-state index contributed by atoms with van der Waals surface area (Å²) in [5, 5.41) is 13.2. The van der Waals surface area contributed by atoms with Crippen LogP contribution in [-0.2, 0) is 4.79 Å². The van der Waals surface area contributed by atoms with E-state index in [4.69, 9.17) is 4.74 Å². The number of nitro benzene ring substituents is 1. The summed E-state index contributed by atoms with van der Waals surface area (Å²) < 4.78 is 5.79. The number of nitrogens with zero attached hydrogens (tertiary/aromatic N) is 2. The quantitative estimate of drug-likeness (QED) is 0.327. The second-order valence-electron chi connectivity index (χ2n) is 6.27. The number of carbonyl (C=O) groups is 1. The minimum absolute atomic E-state index is 0.0236. The van der Waals surface area contributed by atoms with Crippen molar-refractivity contribution in [2.24, 2.45) is 0 Å². The first-order valence-electron chi connectivity index (χ1n) is 8.83. The molecule has 2 aromatic carbocycles. The highest BCUT2D eigenvalue weighted by Crippen LogP contribution is 2.29. The van der Waals surface area contributed by atoms with E-state index >= 15 is 0 Å². The van der Waals surface area contributed by atoms with Crippen LogP contribution >= 0.6 is 11.8 Å². The Bertz CT molecular complexity index is 1010. The molecule has 0 aliphatic carbocycles. The maximum atomic E-state index is 12.5. The molecule has 1 N–H and O–H groups in total. The lowest BCUT2D eigenvalue weighted by atomic mass is 10.2. The first kappa shape index (κ1) is 20.3. The van der Waals surface area contributed by atoms with E-state index < -0.39 is 4.92 Å². The summed E-state index contributed by atoms with van der Waals surface area (Å²) >= 11 is 1.33. The SMILES string of the molecule is Cc1cc(NC(=O)C(C)Sc2ccc([N+](=O)[O-])cc2)ccc1Oc1cccnc1. The molecule has 0 spiro atoms. The number of anilines is 1. The molecule has 148 valence electrons. The zero-order chi connectivity index (χ0) is 20.8. The summed E-state index contributed by atoms with van der Waals surface area (Å²) in [6, 6.07) is 15.2. The summed E-state index contributed by atoms with van der Waals surface area (Å²) in [6.45, 7) is 3.69. The van der Waals surface area contributed by atoms with Gasteiger partial charge in [0.15, 0.2) is 0 Å². The fraction of sp³-hybridized carbons (Fsp3) is 0.143. The minimum atomic E-state index is -0.450. The predicted octanol–water partition coefficient (Wildman–Crippen LogP) is 5.21. The van der Waals surface area contributed by atoms with Crippen LogP contribution in [0.2, 0.25) is 0 Å². The van der Waals surface area contributed by atoms with Crippen molar-refractivity contribution in [1.82, 2.24) is 4.98 Å². The average Bonchev–Trinajstić information content (AvgIpc) is 2.71. The van der Waals surface area contributed by atoms with Crippen molar-refractivity contribution in [1.29, 1.82) is 0 Å². The van der Waals surface area contributed by atoms with Crippen molar-refractivity contribution >= 4 is 29.0 Å². The number of non-ortho nitro benzene ring substituents is 1. The summed E-state index contributed by atoms with van der Waals surface area (Å²) in [6.07, 6.45) is 3.31. The molecule has 3 aromatic rings. The average molecular weight is 409 g/mol. The van der Waals surface area contributed by atoms with Gasteiger partial charge >= 0.3 is 0 Å². The number of hydrogen-bond donors (Lipinski definition) is 1. The molecule has 0 saturated heterocycles. The molecule has 0 bridgehead atoms. The number of thioether (sulfide) groups is 1. The summed E-state index contributed by atoms with van der Waals surface area (Å²) in [5.41, 5.74) is 1.57. The first-order chi connectivity index (χ1) is 13.9. The van der Waals surface area contributed by atoms with Gasteiger partial charge in [-0.1, -0.05) is 0 Å². The molecule has 1 atom stereocenters. The van der Waals surface area contributed by atoms with Crippen LogP contribution in [0.5, 0.6) is 11.5 Å². The van der Waals surface area contributed by atoms with Crippen molar-refractivity contribution in [2.75, 3.05) is 5.32 Å². The molecule has 29 heavy (non-hydrogen) atoms. The van der Waals surface area contributed by atoms with Gasteiger partial charge in [-0.2, -0.15) is 0 Å². The third kappa shape index (κ3) is 5.55. The highest BCUT2D eigenvalue weighted by molar-refractivity contribution is 8.00. The maximum absolute atomic E-state index is 12.5. The molecule has 7 nitrogen and oxygen atoms in total. The normalized spacial score (nSPS) is 11.5. The lowest BCUT2D eigenvalue weighted by Gasteiger charge is -2.14. The van der Waals surface area contributed by atoms with E-state index in [9.17, 15) is 14.9 Å². The second-order valence-corrected chi connectivity index (χ2v) is 7.69. The fourth-order valence-corrected chi connectivity index (χ4v) is 3.39. The van der Waals surface area contributed by atoms with E-state index in [-0.39, 0.29) is 16.8 Å². The third-order valence-electron chi connectivity index (χ3n) is 4.03. The predicted molar refractivity (Wildman–Crippen MR) is 113 cm³/mol. The second kappa shape index (κ2) is 9.20. The first-order valence-corrected chi connectivity index (χ1v) is 9.71. The van der Waals surface area contributed by atoms with Crippen molar-refractivity contribution < 1.29 is 14.5 Å². The Morgan fingerprint density at radius 1 is 1.21 bits per heavy atom. The Morgan fingerprint density at radius 3 is 2.59 bits per heavy atom. The Morgan fingerprint density at radius 2 is 1.97 bits per heavy atom. The number of nitro groups is 1. The van der Waals surface area contributed by atoms with Gasteiger partial charge in [-0.25, -0.2) is 0 Å². The highest BCUT2D eigenvalue weighted by Gasteiger charge is 2.16. The number of aromatic nitrogens is 1. The molecular formula is C21H19N3O4S. The number of benzene rings is 2. The number of hydrogen-bond acceptors (Lipinski definition) is 6. The fourth-order valence-electron chi connectivity index (χ4n) is 2.52. The van der Waals surface area contributed by atoms with Gasteiger partial charge < -0.3 is 10.1 Å². The van der Waals surface area contributed by atoms with Crippen molar-refractivity contribution in [3.05, 3.63) is 82.7 Å². The Balaban J connectivity index is 1.60. The number of amides is 1. The third-order valence-corrected chi connectivity index (χ3v) is 5.15. The summed E-state index contributed by atoms with van der Waals surface area (Å²) in [4.78, 5) is 27.6. The zero-order valence-electron chi connectivity index (χ0n) is 15.9. The van der Waals surface area contributed by atoms with E-state index in [0.29, 0.717) is 17.2 Å². The maximum Gasteiger partial charge on any atom is 0.269 e. The number of carbonyl (C=O) groups excluding carboxylic acids is 1. The number of aryl methyl sites for hydroxylation is 1. The molecule has 0 saturated carbocycles. The molecule has 8 heteroatoms. The number of nitrogens with one attached hydrogen (secondary N) is 1. The Labute approximate surface area is 172 Å². The van der Waals surface area contributed by atoms with Gasteiger partial charge in [-0.3, -0.25) is 19.9 Å². The molecule has 1 unspecified atom stereocenters. The Hall–Kier alpha value is -3.39. The highest BCUT2D eigenvalue weighted by atomic mass is 32.2. The zero-order valence-corrected chi connectivity index (χ0v) is 16.7. The molecule has 3 rings (SSSR count). The van der Waals surface area contributed by atoms with Crippen molar-refractivity contribution in [3.8, 4) is 11.5 Å². The van der Waals surface area contributed by atoms with Gasteiger partial charge in [0.2, 0.25) is 5.91 Å². The molecule has 0 aliphatic rings. The van der Waals surface area contributed by atoms with E-state index in [0.717, 1.165) is 10.5 Å². The standard InChI is InChI=1S/C21H19N3O4S/c1-14-12-16(5-10-20(14)28-18-4-3-11-22-13-18)23-21(25)15(2)29-19-8-6-17(7-9-19)24(26)27/h3-13,15H,1-2H3,(H,23,25). The molecule has 0 radical (unpaired) electrons. The van der Waals surface area contributed by atoms with Gasteiger partial charge in [0.05, 0.1) is 16.4 Å². The van der Waals surface area contributed by atoms with Crippen molar-refractivity contribution in [2.45, 2.75) is 24.0 Å². The van der Waals surface area contributed by atoms with Gasteiger partial charge in [0.25, 0.3) is 5.69 Å². The molecular weight excluding hydrogens is 390 g/mol. The molecule has 0 aliphatic heterocycles. The molecule has 1 amide bonds. The number of ether oxygens (including phenoxy) is 1. The van der Waals surface area contributed by atoms with Gasteiger partial charge in [0.1, 0.15) is 11.5 Å². The summed E-state index contributed by atoms with van der Waals surface area (Å²) in [7, 11) is 0. The Kier molecular flexibility index (Phi) is 6.46. The van der Waals surface area contributed by atoms with Crippen LogP contribution in [-0.4, -0.2) is 21.1 Å². The van der Waals surface area contributed by atoms with Crippen molar-refractivity contribution in [3.63, 3.8) is 0 Å². The van der Waals surface area contributed by atoms with E-state index in [1.54, 1.807) is 49.6 Å². The smallest absolute Gasteiger partial charge is 0.269 e. The number of rotatable bonds is 7. The van der Waals surface area contributed by atoms with Crippen LogP contribution in [0, 0.1) is 17.0 Å². The van der Waals surface area contributed by atoms with Gasteiger partial charge in [-0.05, 0) is 61.9 Å². The van der Waals surface area contributed by atoms with Crippen LogP contribution in [0.3, 0.4) is 0 Å². The minimum Gasteiger partial charge on any atom is -0.455 e. The van der Waals surface area contributed by atoms with Crippen LogP contribution in [0.15, 0.2) is 71.9 Å². The lowest BCUT2D eigenvalue weighted by molar-refractivity contribution is -0.384. The molecule has 1 aromatic heterocycles. The largest absolute Gasteiger partial charge is 0.455 e. The van der Waals surface area contributed by atoms with Crippen LogP contribution in [0.1, 0.15) is 12.5 Å². The van der Waals surface area contributed by atoms with Gasteiger partial charge in [0, 0.05) is 28.9 Å². The molecule has 0 fully saturated rings. The topological polar surface area (TPSA) is 94.4 Å². The monoisotopic (exact) mass is 409 g/mol. The van der Waals surface area contributed by atoms with E-state index in [2.05, 4.69) is 10.3 Å². The van der Waals surface area contributed by atoms with E-state index in [1.165, 1.54) is 23.9 Å². The van der Waals surface area contributed by atoms with Crippen LogP contribution in [0.25, 0.3) is 0 Å². The van der Waals surface area contributed by atoms with E-state index in [1.807, 2.05) is 19.1 Å². The van der Waals surface area contributed by atoms with Crippen LogP contribution in [0.4, 0.5) is 11.4 Å². The molecule has 1 heterocycles. The number of pyridine rings is 1.